The van der Waals surface area contributed by atoms with E-state index in [-0.39, 0.29) is 5.92 Å². The van der Waals surface area contributed by atoms with Crippen molar-refractivity contribution in [3.05, 3.63) is 11.7 Å². The first kappa shape index (κ1) is 9.45. The molecule has 1 saturated heterocycles. The first-order valence-electron chi connectivity index (χ1n) is 4.63. The second-order valence-electron chi connectivity index (χ2n) is 3.44. The quantitative estimate of drug-likeness (QED) is 0.806. The fraction of sp³-hybridized carbons (Fsp3) is 0.556. The highest BCUT2D eigenvalue weighted by Gasteiger charge is 2.24. The molecular weight excluding hydrogens is 200 g/mol. The Morgan fingerprint density at radius 2 is 2.29 bits per heavy atom. The molecule has 14 heavy (non-hydrogen) atoms. The Hall–Kier alpha value is -1.10. The molecule has 0 aliphatic carbocycles. The van der Waals surface area contributed by atoms with Gasteiger partial charge >= 0.3 is 5.97 Å². The Morgan fingerprint density at radius 1 is 1.57 bits per heavy atom. The first-order valence-corrected chi connectivity index (χ1v) is 5.51. The predicted octanol–water partition coefficient (Wildman–Crippen LogP) is 1.44. The zero-order valence-corrected chi connectivity index (χ0v) is 8.54. The van der Waals surface area contributed by atoms with Crippen LogP contribution in [0.4, 0.5) is 5.00 Å². The van der Waals surface area contributed by atoms with Gasteiger partial charge < -0.3 is 10.0 Å². The second-order valence-corrected chi connectivity index (χ2v) is 4.30. The third kappa shape index (κ3) is 1.87. The minimum atomic E-state index is -0.658. The molecule has 1 aliphatic heterocycles. The van der Waals surface area contributed by atoms with Crippen molar-refractivity contribution in [2.75, 3.05) is 18.0 Å². The van der Waals surface area contributed by atoms with E-state index in [1.54, 1.807) is 16.8 Å². The number of aliphatic carboxylic acids is 1. The minimum absolute atomic E-state index is 0.154. The maximum Gasteiger partial charge on any atom is 0.306 e. The molecule has 1 aromatic rings. The molecule has 0 amide bonds. The van der Waals surface area contributed by atoms with Gasteiger partial charge in [0.25, 0.3) is 0 Å². The van der Waals surface area contributed by atoms with Crippen molar-refractivity contribution in [1.82, 2.24) is 4.98 Å². The number of nitrogens with zero attached hydrogens (tertiary/aromatic N) is 2. The number of carboxylic acids is 1. The predicted molar refractivity (Wildman–Crippen MR) is 54.7 cm³/mol. The number of rotatable bonds is 2. The maximum atomic E-state index is 10.7. The summed E-state index contributed by atoms with van der Waals surface area (Å²) < 4.78 is 0. The summed E-state index contributed by atoms with van der Waals surface area (Å²) in [7, 11) is 0. The highest BCUT2D eigenvalue weighted by molar-refractivity contribution is 7.13. The van der Waals surface area contributed by atoms with E-state index < -0.39 is 5.97 Å². The van der Waals surface area contributed by atoms with E-state index >= 15 is 0 Å². The lowest BCUT2D eigenvalue weighted by atomic mass is 9.97. The maximum absolute atomic E-state index is 10.7. The van der Waals surface area contributed by atoms with E-state index in [4.69, 9.17) is 5.11 Å². The van der Waals surface area contributed by atoms with Gasteiger partial charge in [-0.3, -0.25) is 9.78 Å². The molecule has 1 N–H and O–H groups in total. The van der Waals surface area contributed by atoms with Crippen molar-refractivity contribution >= 4 is 22.3 Å². The van der Waals surface area contributed by atoms with Gasteiger partial charge in [-0.05, 0) is 12.8 Å². The van der Waals surface area contributed by atoms with Crippen LogP contribution in [0.2, 0.25) is 0 Å². The van der Waals surface area contributed by atoms with Crippen molar-refractivity contribution in [3.63, 3.8) is 0 Å². The average Bonchev–Trinajstić information content (AvgIpc) is 2.71. The highest BCUT2D eigenvalue weighted by Crippen LogP contribution is 2.25. The number of aromatic nitrogens is 1. The van der Waals surface area contributed by atoms with Crippen LogP contribution in [-0.4, -0.2) is 29.1 Å². The third-order valence-corrected chi connectivity index (χ3v) is 3.41. The van der Waals surface area contributed by atoms with Gasteiger partial charge in [-0.25, -0.2) is 0 Å². The van der Waals surface area contributed by atoms with Crippen LogP contribution >= 0.6 is 11.3 Å². The van der Waals surface area contributed by atoms with Gasteiger partial charge in [-0.2, -0.15) is 0 Å². The molecule has 0 saturated carbocycles. The van der Waals surface area contributed by atoms with Gasteiger partial charge in [-0.15, -0.1) is 11.3 Å². The SMILES string of the molecule is O=C(O)C1CCN(c2cncs2)CC1. The summed E-state index contributed by atoms with van der Waals surface area (Å²) in [5.74, 6) is -0.812. The van der Waals surface area contributed by atoms with Gasteiger partial charge in [0.2, 0.25) is 0 Å². The molecule has 4 nitrogen and oxygen atoms in total. The summed E-state index contributed by atoms with van der Waals surface area (Å²) >= 11 is 1.61. The largest absolute Gasteiger partial charge is 0.481 e. The van der Waals surface area contributed by atoms with Gasteiger partial charge in [0, 0.05) is 13.1 Å². The molecular formula is C9H12N2O2S. The Morgan fingerprint density at radius 3 is 2.79 bits per heavy atom. The number of hydrogen-bond donors (Lipinski definition) is 1. The minimum Gasteiger partial charge on any atom is -0.481 e. The zero-order valence-electron chi connectivity index (χ0n) is 7.72. The Kier molecular flexibility index (Phi) is 2.67. The fourth-order valence-electron chi connectivity index (χ4n) is 1.71. The summed E-state index contributed by atoms with van der Waals surface area (Å²) in [5.41, 5.74) is 1.80. The molecule has 5 heteroatoms. The molecule has 0 aromatic carbocycles. The lowest BCUT2D eigenvalue weighted by Gasteiger charge is -2.30. The van der Waals surface area contributed by atoms with Crippen molar-refractivity contribution in [2.24, 2.45) is 5.92 Å². The topological polar surface area (TPSA) is 53.4 Å². The van der Waals surface area contributed by atoms with Gasteiger partial charge in [-0.1, -0.05) is 0 Å². The number of anilines is 1. The summed E-state index contributed by atoms with van der Waals surface area (Å²) in [6.07, 6.45) is 3.33. The molecule has 76 valence electrons. The number of carboxylic acid groups (broad SMARTS) is 1. The van der Waals surface area contributed by atoms with Gasteiger partial charge in [0.15, 0.2) is 0 Å². The van der Waals surface area contributed by atoms with Crippen LogP contribution in [0.25, 0.3) is 0 Å². The zero-order chi connectivity index (χ0) is 9.97. The Bertz CT molecular complexity index is 305. The molecule has 0 radical (unpaired) electrons. The number of hydrogen-bond acceptors (Lipinski definition) is 4. The molecule has 0 atom stereocenters. The van der Waals surface area contributed by atoms with Crippen LogP contribution in [0.3, 0.4) is 0 Å². The van der Waals surface area contributed by atoms with E-state index in [9.17, 15) is 4.79 Å². The monoisotopic (exact) mass is 212 g/mol. The summed E-state index contributed by atoms with van der Waals surface area (Å²) in [4.78, 5) is 16.9. The molecule has 0 spiro atoms. The van der Waals surface area contributed by atoms with E-state index in [0.717, 1.165) is 30.9 Å². The van der Waals surface area contributed by atoms with Crippen molar-refractivity contribution < 1.29 is 9.90 Å². The average molecular weight is 212 g/mol. The molecule has 2 heterocycles. The van der Waals surface area contributed by atoms with Gasteiger partial charge in [0.1, 0.15) is 5.00 Å². The van der Waals surface area contributed by atoms with E-state index in [0.29, 0.717) is 0 Å². The standard InChI is InChI=1S/C9H12N2O2S/c12-9(13)7-1-3-11(4-2-7)8-5-10-6-14-8/h5-7H,1-4H2,(H,12,13). The highest BCUT2D eigenvalue weighted by atomic mass is 32.1. The first-order chi connectivity index (χ1) is 6.77. The molecule has 2 rings (SSSR count). The Labute approximate surface area is 86.2 Å². The number of carbonyl (C=O) groups is 1. The van der Waals surface area contributed by atoms with Crippen LogP contribution in [0.15, 0.2) is 11.7 Å². The summed E-state index contributed by atoms with van der Waals surface area (Å²) in [5, 5.41) is 9.97. The normalized spacial score (nSPS) is 18.4. The summed E-state index contributed by atoms with van der Waals surface area (Å²) in [6, 6.07) is 0. The van der Waals surface area contributed by atoms with Crippen LogP contribution in [0.5, 0.6) is 0 Å². The van der Waals surface area contributed by atoms with E-state index in [2.05, 4.69) is 9.88 Å². The molecule has 0 bridgehead atoms. The molecule has 0 unspecified atom stereocenters. The van der Waals surface area contributed by atoms with Crippen LogP contribution in [0.1, 0.15) is 12.8 Å². The third-order valence-electron chi connectivity index (χ3n) is 2.58. The number of thiazole rings is 1. The second kappa shape index (κ2) is 3.96. The molecule has 1 aliphatic rings. The molecule has 1 aromatic heterocycles. The smallest absolute Gasteiger partial charge is 0.306 e. The van der Waals surface area contributed by atoms with E-state index in [1.165, 1.54) is 0 Å². The number of piperidine rings is 1. The lowest BCUT2D eigenvalue weighted by Crippen LogP contribution is -2.35. The summed E-state index contributed by atoms with van der Waals surface area (Å²) in [6.45, 7) is 1.67. The van der Waals surface area contributed by atoms with Crippen LogP contribution < -0.4 is 4.90 Å². The van der Waals surface area contributed by atoms with Crippen molar-refractivity contribution in [2.45, 2.75) is 12.8 Å². The Balaban J connectivity index is 1.93. The van der Waals surface area contributed by atoms with E-state index in [1.807, 2.05) is 6.20 Å². The van der Waals surface area contributed by atoms with Crippen molar-refractivity contribution in [3.8, 4) is 0 Å². The van der Waals surface area contributed by atoms with Crippen LogP contribution in [-0.2, 0) is 4.79 Å². The van der Waals surface area contributed by atoms with Crippen LogP contribution in [0, 0.1) is 5.92 Å². The fourth-order valence-corrected chi connectivity index (χ4v) is 2.40. The lowest BCUT2D eigenvalue weighted by molar-refractivity contribution is -0.142. The van der Waals surface area contributed by atoms with Gasteiger partial charge in [0.05, 0.1) is 17.6 Å². The van der Waals surface area contributed by atoms with Crippen molar-refractivity contribution in [1.29, 1.82) is 0 Å². The molecule has 1 fully saturated rings.